The summed E-state index contributed by atoms with van der Waals surface area (Å²) < 4.78 is 7.18. The van der Waals surface area contributed by atoms with Crippen LogP contribution in [0, 0.1) is 0 Å². The maximum Gasteiger partial charge on any atom is 0.0930 e. The smallest absolute Gasteiger partial charge is 0.0930 e. The van der Waals surface area contributed by atoms with Crippen molar-refractivity contribution in [2.45, 2.75) is 37.9 Å². The molecule has 0 bridgehead atoms. The van der Waals surface area contributed by atoms with E-state index in [0.717, 1.165) is 19.3 Å². The maximum absolute atomic E-state index is 10.3. The van der Waals surface area contributed by atoms with Gasteiger partial charge in [-0.05, 0) is 25.3 Å². The lowest BCUT2D eigenvalue weighted by Gasteiger charge is -2.25. The van der Waals surface area contributed by atoms with Gasteiger partial charge in [0, 0.05) is 26.3 Å². The molecule has 4 nitrogen and oxygen atoms in total. The van der Waals surface area contributed by atoms with Crippen LogP contribution in [0.25, 0.3) is 0 Å². The first-order valence-corrected chi connectivity index (χ1v) is 5.42. The molecule has 1 aliphatic rings. The molecule has 0 saturated carbocycles. The number of hydrogen-bond donors (Lipinski definition) is 1. The van der Waals surface area contributed by atoms with Crippen LogP contribution >= 0.6 is 0 Å². The van der Waals surface area contributed by atoms with Crippen molar-refractivity contribution in [1.82, 2.24) is 9.78 Å². The highest BCUT2D eigenvalue weighted by Crippen LogP contribution is 2.30. The van der Waals surface area contributed by atoms with Gasteiger partial charge in [0.05, 0.1) is 17.9 Å². The van der Waals surface area contributed by atoms with E-state index in [9.17, 15) is 5.11 Å². The van der Waals surface area contributed by atoms with Crippen molar-refractivity contribution in [2.24, 2.45) is 7.05 Å². The molecule has 1 aliphatic heterocycles. The fourth-order valence-corrected chi connectivity index (χ4v) is 2.06. The highest BCUT2D eigenvalue weighted by Gasteiger charge is 2.38. The first-order chi connectivity index (χ1) is 7.10. The topological polar surface area (TPSA) is 47.3 Å². The Labute approximate surface area is 89.9 Å². The summed E-state index contributed by atoms with van der Waals surface area (Å²) in [6.45, 7) is 2.61. The molecule has 0 radical (unpaired) electrons. The standard InChI is InChI=1S/C11H18N2O2/c1-9-11(14,5-6-15-9)4-3-10-7-12-13(2)8-10/h7-9,14H,3-6H2,1-2H3. The van der Waals surface area contributed by atoms with Gasteiger partial charge in [-0.2, -0.15) is 5.10 Å². The number of ether oxygens (including phenoxy) is 1. The third-order valence-corrected chi connectivity index (χ3v) is 3.26. The van der Waals surface area contributed by atoms with Crippen molar-refractivity contribution in [1.29, 1.82) is 0 Å². The molecule has 0 aromatic carbocycles. The molecule has 2 unspecified atom stereocenters. The number of aliphatic hydroxyl groups is 1. The van der Waals surface area contributed by atoms with E-state index < -0.39 is 5.60 Å². The Bertz CT molecular complexity index is 337. The fourth-order valence-electron chi connectivity index (χ4n) is 2.06. The third kappa shape index (κ3) is 2.21. The van der Waals surface area contributed by atoms with Crippen LogP contribution in [0.15, 0.2) is 12.4 Å². The fraction of sp³-hybridized carbons (Fsp3) is 0.727. The number of nitrogens with zero attached hydrogens (tertiary/aromatic N) is 2. The monoisotopic (exact) mass is 210 g/mol. The summed E-state index contributed by atoms with van der Waals surface area (Å²) in [6, 6.07) is 0. The average molecular weight is 210 g/mol. The molecule has 2 atom stereocenters. The van der Waals surface area contributed by atoms with Crippen molar-refractivity contribution in [3.8, 4) is 0 Å². The van der Waals surface area contributed by atoms with Crippen molar-refractivity contribution in [3.05, 3.63) is 18.0 Å². The Morgan fingerprint density at radius 1 is 1.73 bits per heavy atom. The minimum absolute atomic E-state index is 0.0471. The molecule has 1 saturated heterocycles. The molecule has 0 spiro atoms. The van der Waals surface area contributed by atoms with Crippen LogP contribution in [0.2, 0.25) is 0 Å². The second-order valence-electron chi connectivity index (χ2n) is 4.39. The first kappa shape index (κ1) is 10.6. The van der Waals surface area contributed by atoms with Crippen LogP contribution in [0.3, 0.4) is 0 Å². The summed E-state index contributed by atoms with van der Waals surface area (Å²) in [7, 11) is 1.90. The van der Waals surface area contributed by atoms with Gasteiger partial charge in [-0.15, -0.1) is 0 Å². The van der Waals surface area contributed by atoms with Gasteiger partial charge in [-0.3, -0.25) is 4.68 Å². The maximum atomic E-state index is 10.3. The summed E-state index contributed by atoms with van der Waals surface area (Å²) in [5.74, 6) is 0. The van der Waals surface area contributed by atoms with E-state index in [1.807, 2.05) is 26.4 Å². The number of hydrogen-bond acceptors (Lipinski definition) is 3. The predicted octanol–water partition coefficient (Wildman–Crippen LogP) is 0.893. The average Bonchev–Trinajstić information content (AvgIpc) is 2.73. The van der Waals surface area contributed by atoms with Gasteiger partial charge < -0.3 is 9.84 Å². The van der Waals surface area contributed by atoms with E-state index in [-0.39, 0.29) is 6.10 Å². The first-order valence-electron chi connectivity index (χ1n) is 5.42. The van der Waals surface area contributed by atoms with Crippen LogP contribution in [0.4, 0.5) is 0 Å². The molecule has 1 fully saturated rings. The summed E-state index contributed by atoms with van der Waals surface area (Å²) in [6.07, 6.45) is 6.15. The molecule has 1 aromatic heterocycles. The zero-order valence-electron chi connectivity index (χ0n) is 9.31. The molecular weight excluding hydrogens is 192 g/mol. The molecule has 2 heterocycles. The molecular formula is C11H18N2O2. The largest absolute Gasteiger partial charge is 0.387 e. The second-order valence-corrected chi connectivity index (χ2v) is 4.39. The van der Waals surface area contributed by atoms with Gasteiger partial charge in [0.1, 0.15) is 0 Å². The molecule has 15 heavy (non-hydrogen) atoms. The minimum atomic E-state index is -0.643. The lowest BCUT2D eigenvalue weighted by atomic mass is 9.90. The van der Waals surface area contributed by atoms with E-state index in [1.165, 1.54) is 5.56 Å². The molecule has 4 heteroatoms. The van der Waals surface area contributed by atoms with Crippen molar-refractivity contribution >= 4 is 0 Å². The third-order valence-electron chi connectivity index (χ3n) is 3.26. The molecule has 0 amide bonds. The zero-order chi connectivity index (χ0) is 10.9. The van der Waals surface area contributed by atoms with Gasteiger partial charge in [0.2, 0.25) is 0 Å². The van der Waals surface area contributed by atoms with E-state index >= 15 is 0 Å². The Morgan fingerprint density at radius 2 is 2.53 bits per heavy atom. The van der Waals surface area contributed by atoms with Crippen molar-refractivity contribution in [2.75, 3.05) is 6.61 Å². The minimum Gasteiger partial charge on any atom is -0.387 e. The molecule has 2 rings (SSSR count). The lowest BCUT2D eigenvalue weighted by Crippen LogP contribution is -2.36. The van der Waals surface area contributed by atoms with E-state index in [2.05, 4.69) is 5.10 Å². The highest BCUT2D eigenvalue weighted by molar-refractivity contribution is 5.05. The number of aromatic nitrogens is 2. The Kier molecular flexibility index (Phi) is 2.80. The number of aryl methyl sites for hydroxylation is 2. The van der Waals surface area contributed by atoms with Gasteiger partial charge in [0.15, 0.2) is 0 Å². The van der Waals surface area contributed by atoms with Gasteiger partial charge in [0.25, 0.3) is 0 Å². The van der Waals surface area contributed by atoms with Crippen LogP contribution in [-0.4, -0.2) is 33.2 Å². The summed E-state index contributed by atoms with van der Waals surface area (Å²) in [5.41, 5.74) is 0.528. The van der Waals surface area contributed by atoms with Crippen LogP contribution < -0.4 is 0 Å². The Balaban J connectivity index is 1.92. The normalized spacial score (nSPS) is 31.0. The van der Waals surface area contributed by atoms with Gasteiger partial charge >= 0.3 is 0 Å². The summed E-state index contributed by atoms with van der Waals surface area (Å²) in [4.78, 5) is 0. The highest BCUT2D eigenvalue weighted by atomic mass is 16.5. The molecule has 84 valence electrons. The number of rotatable bonds is 3. The molecule has 1 N–H and O–H groups in total. The SMILES string of the molecule is CC1OCCC1(O)CCc1cnn(C)c1. The van der Waals surface area contributed by atoms with E-state index in [1.54, 1.807) is 4.68 Å². The van der Waals surface area contributed by atoms with Crippen LogP contribution in [0.1, 0.15) is 25.3 Å². The zero-order valence-corrected chi connectivity index (χ0v) is 9.31. The van der Waals surface area contributed by atoms with Crippen LogP contribution in [0.5, 0.6) is 0 Å². The van der Waals surface area contributed by atoms with Gasteiger partial charge in [-0.1, -0.05) is 0 Å². The second kappa shape index (κ2) is 3.94. The van der Waals surface area contributed by atoms with Gasteiger partial charge in [-0.25, -0.2) is 0 Å². The van der Waals surface area contributed by atoms with E-state index in [4.69, 9.17) is 4.74 Å². The predicted molar refractivity (Wildman–Crippen MR) is 56.5 cm³/mol. The Hall–Kier alpha value is -0.870. The molecule has 0 aliphatic carbocycles. The van der Waals surface area contributed by atoms with E-state index in [0.29, 0.717) is 6.61 Å². The van der Waals surface area contributed by atoms with Crippen molar-refractivity contribution in [3.63, 3.8) is 0 Å². The quantitative estimate of drug-likeness (QED) is 0.806. The summed E-state index contributed by atoms with van der Waals surface area (Å²) >= 11 is 0. The van der Waals surface area contributed by atoms with Crippen molar-refractivity contribution < 1.29 is 9.84 Å². The van der Waals surface area contributed by atoms with Crippen LogP contribution in [-0.2, 0) is 18.2 Å². The molecule has 1 aromatic rings. The Morgan fingerprint density at radius 3 is 3.07 bits per heavy atom. The lowest BCUT2D eigenvalue weighted by molar-refractivity contribution is -0.0327. The summed E-state index contributed by atoms with van der Waals surface area (Å²) in [5, 5.41) is 14.4.